The van der Waals surface area contributed by atoms with Crippen molar-refractivity contribution in [1.82, 2.24) is 0 Å². The highest BCUT2D eigenvalue weighted by Gasteiger charge is 2.11. The summed E-state index contributed by atoms with van der Waals surface area (Å²) in [6, 6.07) is 5.20. The standard InChI is InChI=1S/C10H11IO3/c1-13-7-3-4-10(14-2)8(5-7)9(12)6-11/h3-5H,6H2,1-2H3. The van der Waals surface area contributed by atoms with Crippen molar-refractivity contribution in [2.75, 3.05) is 18.6 Å². The first-order valence-electron chi connectivity index (χ1n) is 4.04. The molecule has 0 aliphatic rings. The number of hydrogen-bond donors (Lipinski definition) is 0. The molecule has 0 fully saturated rings. The number of alkyl halides is 1. The quantitative estimate of drug-likeness (QED) is 0.486. The fraction of sp³-hybridized carbons (Fsp3) is 0.300. The first kappa shape index (κ1) is 11.3. The van der Waals surface area contributed by atoms with E-state index in [1.807, 2.05) is 22.6 Å². The Balaban J connectivity index is 3.14. The van der Waals surface area contributed by atoms with Crippen LogP contribution in [0.15, 0.2) is 18.2 Å². The van der Waals surface area contributed by atoms with Crippen molar-refractivity contribution in [3.05, 3.63) is 23.8 Å². The fourth-order valence-corrected chi connectivity index (χ4v) is 1.51. The molecular weight excluding hydrogens is 295 g/mol. The van der Waals surface area contributed by atoms with E-state index >= 15 is 0 Å². The molecular formula is C10H11IO3. The van der Waals surface area contributed by atoms with Crippen LogP contribution < -0.4 is 9.47 Å². The second-order valence-corrected chi connectivity index (χ2v) is 3.39. The van der Waals surface area contributed by atoms with Crippen molar-refractivity contribution in [2.24, 2.45) is 0 Å². The molecule has 1 aromatic carbocycles. The summed E-state index contributed by atoms with van der Waals surface area (Å²) in [5.74, 6) is 1.30. The van der Waals surface area contributed by atoms with E-state index in [-0.39, 0.29) is 5.78 Å². The molecule has 3 nitrogen and oxygen atoms in total. The smallest absolute Gasteiger partial charge is 0.176 e. The lowest BCUT2D eigenvalue weighted by Crippen LogP contribution is -2.03. The predicted octanol–water partition coefficient (Wildman–Crippen LogP) is 2.32. The Kier molecular flexibility index (Phi) is 4.19. The normalized spacial score (nSPS) is 9.64. The van der Waals surface area contributed by atoms with Gasteiger partial charge in [-0.15, -0.1) is 0 Å². The molecule has 0 bridgehead atoms. The van der Waals surface area contributed by atoms with Crippen LogP contribution in [0.3, 0.4) is 0 Å². The number of ketones is 1. The molecule has 0 saturated carbocycles. The topological polar surface area (TPSA) is 35.5 Å². The minimum atomic E-state index is 0.0429. The van der Waals surface area contributed by atoms with Crippen molar-refractivity contribution >= 4 is 28.4 Å². The van der Waals surface area contributed by atoms with E-state index in [0.29, 0.717) is 21.5 Å². The maximum Gasteiger partial charge on any atom is 0.176 e. The van der Waals surface area contributed by atoms with Gasteiger partial charge in [-0.05, 0) is 18.2 Å². The van der Waals surface area contributed by atoms with Crippen LogP contribution in [-0.4, -0.2) is 24.4 Å². The van der Waals surface area contributed by atoms with Gasteiger partial charge >= 0.3 is 0 Å². The number of halogens is 1. The van der Waals surface area contributed by atoms with E-state index < -0.39 is 0 Å². The maximum atomic E-state index is 11.5. The van der Waals surface area contributed by atoms with Crippen LogP contribution in [-0.2, 0) is 0 Å². The third-order valence-corrected chi connectivity index (χ3v) is 2.52. The number of rotatable bonds is 4. The van der Waals surface area contributed by atoms with Gasteiger partial charge in [0.1, 0.15) is 11.5 Å². The van der Waals surface area contributed by atoms with E-state index in [4.69, 9.17) is 9.47 Å². The number of methoxy groups -OCH3 is 2. The third kappa shape index (κ3) is 2.37. The van der Waals surface area contributed by atoms with Crippen LogP contribution in [0.4, 0.5) is 0 Å². The fourth-order valence-electron chi connectivity index (χ4n) is 1.10. The first-order valence-corrected chi connectivity index (χ1v) is 5.56. The number of hydrogen-bond acceptors (Lipinski definition) is 3. The Labute approximate surface area is 96.5 Å². The van der Waals surface area contributed by atoms with Gasteiger partial charge in [-0.1, -0.05) is 22.6 Å². The van der Waals surface area contributed by atoms with Gasteiger partial charge in [0.2, 0.25) is 0 Å². The van der Waals surface area contributed by atoms with Crippen LogP contribution in [0.25, 0.3) is 0 Å². The summed E-state index contributed by atoms with van der Waals surface area (Å²) in [6.45, 7) is 0. The molecule has 0 spiro atoms. The second-order valence-electron chi connectivity index (χ2n) is 2.62. The highest BCUT2D eigenvalue weighted by Crippen LogP contribution is 2.24. The molecule has 0 unspecified atom stereocenters. The Morgan fingerprint density at radius 1 is 1.36 bits per heavy atom. The molecule has 0 radical (unpaired) electrons. The molecule has 14 heavy (non-hydrogen) atoms. The van der Waals surface area contributed by atoms with E-state index in [0.717, 1.165) is 0 Å². The Morgan fingerprint density at radius 3 is 2.57 bits per heavy atom. The van der Waals surface area contributed by atoms with Crippen LogP contribution in [0, 0.1) is 0 Å². The maximum absolute atomic E-state index is 11.5. The van der Waals surface area contributed by atoms with Gasteiger partial charge in [0, 0.05) is 0 Å². The van der Waals surface area contributed by atoms with Gasteiger partial charge < -0.3 is 9.47 Å². The Bertz CT molecular complexity index is 336. The second kappa shape index (κ2) is 5.19. The monoisotopic (exact) mass is 306 g/mol. The molecule has 1 aromatic rings. The molecule has 0 atom stereocenters. The summed E-state index contributed by atoms with van der Waals surface area (Å²) >= 11 is 2.03. The summed E-state index contributed by atoms with van der Waals surface area (Å²) < 4.78 is 10.6. The zero-order valence-corrected chi connectivity index (χ0v) is 10.2. The molecule has 0 N–H and O–H groups in total. The summed E-state index contributed by atoms with van der Waals surface area (Å²) in [7, 11) is 3.12. The minimum absolute atomic E-state index is 0.0429. The Hall–Kier alpha value is -0.780. The number of carbonyl (C=O) groups is 1. The lowest BCUT2D eigenvalue weighted by molar-refractivity contribution is 0.102. The van der Waals surface area contributed by atoms with Gasteiger partial charge in [0.15, 0.2) is 5.78 Å². The van der Waals surface area contributed by atoms with Crippen molar-refractivity contribution in [3.63, 3.8) is 0 Å². The van der Waals surface area contributed by atoms with Crippen LogP contribution in [0.2, 0.25) is 0 Å². The first-order chi connectivity index (χ1) is 6.72. The Morgan fingerprint density at radius 2 is 2.07 bits per heavy atom. The van der Waals surface area contributed by atoms with E-state index in [1.165, 1.54) is 0 Å². The third-order valence-electron chi connectivity index (χ3n) is 1.83. The number of carbonyl (C=O) groups excluding carboxylic acids is 1. The van der Waals surface area contributed by atoms with Crippen molar-refractivity contribution in [3.8, 4) is 11.5 Å². The van der Waals surface area contributed by atoms with E-state index in [1.54, 1.807) is 32.4 Å². The predicted molar refractivity (Wildman–Crippen MR) is 62.8 cm³/mol. The van der Waals surface area contributed by atoms with Crippen LogP contribution >= 0.6 is 22.6 Å². The van der Waals surface area contributed by atoms with Gasteiger partial charge in [-0.2, -0.15) is 0 Å². The van der Waals surface area contributed by atoms with E-state index in [2.05, 4.69) is 0 Å². The highest BCUT2D eigenvalue weighted by molar-refractivity contribution is 14.1. The largest absolute Gasteiger partial charge is 0.497 e. The SMILES string of the molecule is COc1ccc(OC)c(C(=O)CI)c1. The average Bonchev–Trinajstić information content (AvgIpc) is 2.27. The average molecular weight is 306 g/mol. The molecule has 4 heteroatoms. The summed E-state index contributed by atoms with van der Waals surface area (Å²) in [5.41, 5.74) is 0.571. The number of benzene rings is 1. The molecule has 0 saturated heterocycles. The molecule has 0 aliphatic carbocycles. The summed E-state index contributed by atoms with van der Waals surface area (Å²) in [4.78, 5) is 11.5. The highest BCUT2D eigenvalue weighted by atomic mass is 127. The van der Waals surface area contributed by atoms with Crippen LogP contribution in [0.1, 0.15) is 10.4 Å². The lowest BCUT2D eigenvalue weighted by atomic mass is 10.1. The van der Waals surface area contributed by atoms with Gasteiger partial charge in [-0.25, -0.2) is 0 Å². The van der Waals surface area contributed by atoms with Crippen molar-refractivity contribution < 1.29 is 14.3 Å². The summed E-state index contributed by atoms with van der Waals surface area (Å²) in [6.07, 6.45) is 0. The van der Waals surface area contributed by atoms with E-state index in [9.17, 15) is 4.79 Å². The zero-order valence-electron chi connectivity index (χ0n) is 8.04. The molecule has 0 aromatic heterocycles. The zero-order chi connectivity index (χ0) is 10.6. The van der Waals surface area contributed by atoms with Crippen molar-refractivity contribution in [1.29, 1.82) is 0 Å². The molecule has 76 valence electrons. The van der Waals surface area contributed by atoms with Gasteiger partial charge in [0.25, 0.3) is 0 Å². The van der Waals surface area contributed by atoms with Crippen LogP contribution in [0.5, 0.6) is 11.5 Å². The summed E-state index contributed by atoms with van der Waals surface area (Å²) in [5, 5.41) is 0. The molecule has 0 aliphatic heterocycles. The molecule has 1 rings (SSSR count). The molecule has 0 amide bonds. The minimum Gasteiger partial charge on any atom is -0.497 e. The molecule has 0 heterocycles. The van der Waals surface area contributed by atoms with Gasteiger partial charge in [0.05, 0.1) is 24.2 Å². The van der Waals surface area contributed by atoms with Crippen molar-refractivity contribution in [2.45, 2.75) is 0 Å². The van der Waals surface area contributed by atoms with Gasteiger partial charge in [-0.3, -0.25) is 4.79 Å². The number of Topliss-reactive ketones (excluding diaryl/α,β-unsaturated/α-hetero) is 1. The lowest BCUT2D eigenvalue weighted by Gasteiger charge is -2.08. The number of ether oxygens (including phenoxy) is 2.